The number of nitrogens with two attached hydrogens (primary N) is 1. The van der Waals surface area contributed by atoms with Gasteiger partial charge in [0.2, 0.25) is 0 Å². The molecule has 1 aromatic heterocycles. The first kappa shape index (κ1) is 12.5. The molecule has 0 atom stereocenters. The van der Waals surface area contributed by atoms with Crippen LogP contribution in [0.4, 0.5) is 0 Å². The number of hydrogen-bond acceptors (Lipinski definition) is 3. The Labute approximate surface area is 104 Å². The van der Waals surface area contributed by atoms with Gasteiger partial charge in [-0.05, 0) is 31.9 Å². The number of rotatable bonds is 4. The maximum Gasteiger partial charge on any atom is 0.134 e. The minimum Gasteiger partial charge on any atom is -0.330 e. The van der Waals surface area contributed by atoms with Gasteiger partial charge in [0.1, 0.15) is 5.82 Å². The molecular formula is C14H23N3. The first-order valence-corrected chi connectivity index (χ1v) is 6.67. The van der Waals surface area contributed by atoms with E-state index in [-0.39, 0.29) is 5.41 Å². The fraction of sp³-hybridized carbons (Fsp3) is 0.714. The molecule has 1 fully saturated rings. The molecule has 0 bridgehead atoms. The molecule has 1 heterocycles. The van der Waals surface area contributed by atoms with E-state index in [2.05, 4.69) is 24.9 Å². The maximum atomic E-state index is 5.66. The minimum atomic E-state index is -0.0106. The third-order valence-corrected chi connectivity index (χ3v) is 3.83. The minimum absolute atomic E-state index is 0.0106. The predicted octanol–water partition coefficient (Wildman–Crippen LogP) is 2.76. The van der Waals surface area contributed by atoms with Crippen molar-refractivity contribution in [2.24, 2.45) is 5.73 Å². The summed E-state index contributed by atoms with van der Waals surface area (Å²) in [5.41, 5.74) is 6.88. The van der Waals surface area contributed by atoms with Crippen molar-refractivity contribution in [3.8, 4) is 0 Å². The predicted molar refractivity (Wildman–Crippen MR) is 69.9 cm³/mol. The average molecular weight is 233 g/mol. The van der Waals surface area contributed by atoms with Gasteiger partial charge < -0.3 is 5.73 Å². The molecular weight excluding hydrogens is 210 g/mol. The van der Waals surface area contributed by atoms with E-state index in [1.165, 1.54) is 31.4 Å². The lowest BCUT2D eigenvalue weighted by Gasteiger charge is -2.23. The summed E-state index contributed by atoms with van der Waals surface area (Å²) in [4.78, 5) is 9.21. The Morgan fingerprint density at radius 3 is 2.71 bits per heavy atom. The summed E-state index contributed by atoms with van der Waals surface area (Å²) in [6, 6.07) is 2.08. The van der Waals surface area contributed by atoms with Crippen LogP contribution in [-0.2, 0) is 5.41 Å². The quantitative estimate of drug-likeness (QED) is 0.870. The average Bonchev–Trinajstić information content (AvgIpc) is 2.82. The highest BCUT2D eigenvalue weighted by molar-refractivity contribution is 5.14. The van der Waals surface area contributed by atoms with Crippen LogP contribution in [0.25, 0.3) is 0 Å². The lowest BCUT2D eigenvalue weighted by Crippen LogP contribution is -2.25. The van der Waals surface area contributed by atoms with Gasteiger partial charge in [0.25, 0.3) is 0 Å². The standard InChI is InChI=1S/C14H23N3/c1-14(2,8-9-15)13-16-10-7-12(17-13)11-5-3-4-6-11/h7,10-11H,3-6,8-9,15H2,1-2H3. The molecule has 94 valence electrons. The van der Waals surface area contributed by atoms with Crippen LogP contribution in [0.1, 0.15) is 63.4 Å². The Morgan fingerprint density at radius 1 is 1.35 bits per heavy atom. The van der Waals surface area contributed by atoms with Crippen LogP contribution >= 0.6 is 0 Å². The highest BCUT2D eigenvalue weighted by Crippen LogP contribution is 2.33. The van der Waals surface area contributed by atoms with Crippen molar-refractivity contribution in [3.05, 3.63) is 23.8 Å². The third-order valence-electron chi connectivity index (χ3n) is 3.83. The molecule has 1 saturated carbocycles. The second kappa shape index (κ2) is 5.13. The number of hydrogen-bond donors (Lipinski definition) is 1. The summed E-state index contributed by atoms with van der Waals surface area (Å²) in [5, 5.41) is 0. The molecule has 1 aliphatic rings. The molecule has 0 unspecified atom stereocenters. The van der Waals surface area contributed by atoms with Crippen LogP contribution in [-0.4, -0.2) is 16.5 Å². The molecule has 0 amide bonds. The van der Waals surface area contributed by atoms with Crippen LogP contribution < -0.4 is 5.73 Å². The summed E-state index contributed by atoms with van der Waals surface area (Å²) in [5.74, 6) is 1.61. The molecule has 3 heteroatoms. The lowest BCUT2D eigenvalue weighted by atomic mass is 9.88. The highest BCUT2D eigenvalue weighted by atomic mass is 14.9. The van der Waals surface area contributed by atoms with E-state index >= 15 is 0 Å². The van der Waals surface area contributed by atoms with Crippen molar-refractivity contribution >= 4 is 0 Å². The number of aromatic nitrogens is 2. The first-order chi connectivity index (χ1) is 8.13. The van der Waals surface area contributed by atoms with Gasteiger partial charge in [-0.15, -0.1) is 0 Å². The molecule has 2 N–H and O–H groups in total. The Balaban J connectivity index is 2.21. The monoisotopic (exact) mass is 233 g/mol. The van der Waals surface area contributed by atoms with Crippen molar-refractivity contribution in [1.82, 2.24) is 9.97 Å². The molecule has 1 aliphatic carbocycles. The largest absolute Gasteiger partial charge is 0.330 e. The lowest BCUT2D eigenvalue weighted by molar-refractivity contribution is 0.452. The smallest absolute Gasteiger partial charge is 0.134 e. The first-order valence-electron chi connectivity index (χ1n) is 6.67. The SMILES string of the molecule is CC(C)(CCN)c1nccc(C2CCCC2)n1. The summed E-state index contributed by atoms with van der Waals surface area (Å²) in [7, 11) is 0. The van der Waals surface area contributed by atoms with Gasteiger partial charge in [-0.3, -0.25) is 0 Å². The van der Waals surface area contributed by atoms with Crippen LogP contribution in [0.15, 0.2) is 12.3 Å². The van der Waals surface area contributed by atoms with Crippen molar-refractivity contribution in [1.29, 1.82) is 0 Å². The fourth-order valence-corrected chi connectivity index (χ4v) is 2.62. The van der Waals surface area contributed by atoms with Gasteiger partial charge in [0.15, 0.2) is 0 Å². The van der Waals surface area contributed by atoms with Crippen molar-refractivity contribution in [2.75, 3.05) is 6.54 Å². The van der Waals surface area contributed by atoms with Crippen LogP contribution in [0.3, 0.4) is 0 Å². The molecule has 17 heavy (non-hydrogen) atoms. The van der Waals surface area contributed by atoms with E-state index in [1.807, 2.05) is 6.20 Å². The molecule has 0 saturated heterocycles. The molecule has 1 aromatic rings. The highest BCUT2D eigenvalue weighted by Gasteiger charge is 2.25. The molecule has 0 radical (unpaired) electrons. The fourth-order valence-electron chi connectivity index (χ4n) is 2.62. The Bertz CT molecular complexity index is 367. The van der Waals surface area contributed by atoms with E-state index in [9.17, 15) is 0 Å². The Hall–Kier alpha value is -0.960. The van der Waals surface area contributed by atoms with Gasteiger partial charge in [0, 0.05) is 23.2 Å². The van der Waals surface area contributed by atoms with Crippen molar-refractivity contribution in [3.63, 3.8) is 0 Å². The molecule has 0 spiro atoms. The van der Waals surface area contributed by atoms with Crippen LogP contribution in [0, 0.1) is 0 Å². The second-order valence-corrected chi connectivity index (χ2v) is 5.71. The van der Waals surface area contributed by atoms with Crippen molar-refractivity contribution < 1.29 is 0 Å². The van der Waals surface area contributed by atoms with E-state index in [4.69, 9.17) is 10.7 Å². The zero-order chi connectivity index (χ0) is 12.3. The molecule has 2 rings (SSSR count). The van der Waals surface area contributed by atoms with E-state index in [1.54, 1.807) is 0 Å². The van der Waals surface area contributed by atoms with Gasteiger partial charge in [-0.25, -0.2) is 9.97 Å². The van der Waals surface area contributed by atoms with E-state index in [0.29, 0.717) is 12.5 Å². The normalized spacial score (nSPS) is 17.6. The van der Waals surface area contributed by atoms with Crippen LogP contribution in [0.2, 0.25) is 0 Å². The number of nitrogens with zero attached hydrogens (tertiary/aromatic N) is 2. The third kappa shape index (κ3) is 2.83. The summed E-state index contributed by atoms with van der Waals surface area (Å²) >= 11 is 0. The summed E-state index contributed by atoms with van der Waals surface area (Å²) in [6.07, 6.45) is 8.10. The van der Waals surface area contributed by atoms with Gasteiger partial charge in [0.05, 0.1) is 0 Å². The molecule has 3 nitrogen and oxygen atoms in total. The zero-order valence-electron chi connectivity index (χ0n) is 10.9. The molecule has 0 aromatic carbocycles. The molecule has 0 aliphatic heterocycles. The van der Waals surface area contributed by atoms with E-state index < -0.39 is 0 Å². The topological polar surface area (TPSA) is 51.8 Å². The Morgan fingerprint density at radius 2 is 2.06 bits per heavy atom. The summed E-state index contributed by atoms with van der Waals surface area (Å²) in [6.45, 7) is 5.03. The van der Waals surface area contributed by atoms with Gasteiger partial charge in [-0.2, -0.15) is 0 Å². The Kier molecular flexibility index (Phi) is 3.77. The maximum absolute atomic E-state index is 5.66. The zero-order valence-corrected chi connectivity index (χ0v) is 10.9. The summed E-state index contributed by atoms with van der Waals surface area (Å²) < 4.78 is 0. The van der Waals surface area contributed by atoms with Gasteiger partial charge in [-0.1, -0.05) is 26.7 Å². The van der Waals surface area contributed by atoms with Crippen LogP contribution in [0.5, 0.6) is 0 Å². The van der Waals surface area contributed by atoms with Crippen molar-refractivity contribution in [2.45, 2.75) is 57.3 Å². The van der Waals surface area contributed by atoms with E-state index in [0.717, 1.165) is 12.2 Å². The second-order valence-electron chi connectivity index (χ2n) is 5.71. The van der Waals surface area contributed by atoms with Gasteiger partial charge >= 0.3 is 0 Å².